The summed E-state index contributed by atoms with van der Waals surface area (Å²) < 4.78 is 1.16. The highest BCUT2D eigenvalue weighted by atomic mass is 79.9. The van der Waals surface area contributed by atoms with Crippen molar-refractivity contribution in [2.45, 2.75) is 32.7 Å². The molecule has 1 aliphatic rings. The van der Waals surface area contributed by atoms with Crippen LogP contribution < -0.4 is 10.2 Å². The summed E-state index contributed by atoms with van der Waals surface area (Å²) in [6.45, 7) is 9.05. The number of hydrogen-bond donors (Lipinski definition) is 1. The van der Waals surface area contributed by atoms with Crippen molar-refractivity contribution in [1.82, 2.24) is 10.2 Å². The molecule has 0 unspecified atom stereocenters. The fourth-order valence-electron chi connectivity index (χ4n) is 2.89. The lowest BCUT2D eigenvalue weighted by molar-refractivity contribution is 0.346. The van der Waals surface area contributed by atoms with Crippen molar-refractivity contribution in [2.24, 2.45) is 0 Å². The van der Waals surface area contributed by atoms with Gasteiger partial charge in [0.05, 0.1) is 0 Å². The molecule has 0 saturated carbocycles. The van der Waals surface area contributed by atoms with E-state index in [4.69, 9.17) is 0 Å². The summed E-state index contributed by atoms with van der Waals surface area (Å²) in [4.78, 5) is 4.97. The maximum atomic E-state index is 3.59. The first-order valence-electron chi connectivity index (χ1n) is 8.13. The van der Waals surface area contributed by atoms with Crippen LogP contribution in [0.3, 0.4) is 0 Å². The molecule has 2 rings (SSSR count). The van der Waals surface area contributed by atoms with Crippen molar-refractivity contribution in [3.05, 3.63) is 28.2 Å². The van der Waals surface area contributed by atoms with E-state index < -0.39 is 0 Å². The molecule has 0 amide bonds. The van der Waals surface area contributed by atoms with Crippen molar-refractivity contribution in [2.75, 3.05) is 44.7 Å². The molecule has 21 heavy (non-hydrogen) atoms. The number of rotatable bonds is 8. The minimum absolute atomic E-state index is 0.941. The summed E-state index contributed by atoms with van der Waals surface area (Å²) in [6, 6.07) is 6.62. The number of benzene rings is 1. The Morgan fingerprint density at radius 3 is 2.76 bits per heavy atom. The van der Waals surface area contributed by atoms with E-state index in [1.54, 1.807) is 0 Å². The number of likely N-dealkylation sites (N-methyl/N-ethyl adjacent to an activating group) is 1. The van der Waals surface area contributed by atoms with Crippen molar-refractivity contribution in [3.63, 3.8) is 0 Å². The molecule has 0 bridgehead atoms. The Hall–Kier alpha value is -0.580. The van der Waals surface area contributed by atoms with Crippen LogP contribution in [0.1, 0.15) is 31.7 Å². The van der Waals surface area contributed by atoms with E-state index in [1.165, 1.54) is 50.1 Å². The van der Waals surface area contributed by atoms with Crippen LogP contribution in [0.2, 0.25) is 0 Å². The molecule has 0 spiro atoms. The molecule has 1 heterocycles. The number of halogens is 1. The molecule has 1 N–H and O–H groups in total. The van der Waals surface area contributed by atoms with Gasteiger partial charge in [0.2, 0.25) is 0 Å². The van der Waals surface area contributed by atoms with Gasteiger partial charge in [-0.15, -0.1) is 0 Å². The molecule has 1 fully saturated rings. The summed E-state index contributed by atoms with van der Waals surface area (Å²) in [7, 11) is 2.21. The molecule has 118 valence electrons. The normalized spacial score (nSPS) is 15.6. The third kappa shape index (κ3) is 5.28. The molecule has 1 aliphatic heterocycles. The minimum atomic E-state index is 0.941. The zero-order valence-electron chi connectivity index (χ0n) is 13.4. The molecule has 0 atom stereocenters. The van der Waals surface area contributed by atoms with Gasteiger partial charge in [-0.2, -0.15) is 0 Å². The van der Waals surface area contributed by atoms with Crippen molar-refractivity contribution in [1.29, 1.82) is 0 Å². The van der Waals surface area contributed by atoms with E-state index in [0.29, 0.717) is 0 Å². The van der Waals surface area contributed by atoms with Gasteiger partial charge >= 0.3 is 0 Å². The molecular weight excluding hydrogens is 326 g/mol. The van der Waals surface area contributed by atoms with Gasteiger partial charge in [0.25, 0.3) is 0 Å². The Morgan fingerprint density at radius 1 is 1.29 bits per heavy atom. The second kappa shape index (κ2) is 8.76. The van der Waals surface area contributed by atoms with Crippen molar-refractivity contribution < 1.29 is 0 Å². The zero-order valence-corrected chi connectivity index (χ0v) is 15.0. The first kappa shape index (κ1) is 16.8. The Morgan fingerprint density at radius 2 is 2.05 bits per heavy atom. The smallest absolute Gasteiger partial charge is 0.0410 e. The first-order chi connectivity index (χ1) is 10.2. The molecule has 4 heteroatoms. The zero-order chi connectivity index (χ0) is 15.1. The molecule has 1 aromatic rings. The highest BCUT2D eigenvalue weighted by Gasteiger charge is 2.13. The van der Waals surface area contributed by atoms with Gasteiger partial charge < -0.3 is 15.1 Å². The highest BCUT2D eigenvalue weighted by molar-refractivity contribution is 9.10. The summed E-state index contributed by atoms with van der Waals surface area (Å²) in [6.07, 6.45) is 3.91. The predicted octanol–water partition coefficient (Wildman–Crippen LogP) is 3.48. The first-order valence-corrected chi connectivity index (χ1v) is 8.92. The van der Waals surface area contributed by atoms with Gasteiger partial charge in [0.1, 0.15) is 0 Å². The molecule has 0 aliphatic carbocycles. The fraction of sp³-hybridized carbons (Fsp3) is 0.647. The SMILES string of the molecule is CCCNCc1cc(Br)ccc1N(C)CCN1CCCC1. The van der Waals surface area contributed by atoms with E-state index in [2.05, 4.69) is 63.2 Å². The number of likely N-dealkylation sites (tertiary alicyclic amines) is 1. The third-order valence-electron chi connectivity index (χ3n) is 4.15. The van der Waals surface area contributed by atoms with Crippen LogP contribution in [0.5, 0.6) is 0 Å². The summed E-state index contributed by atoms with van der Waals surface area (Å²) in [5.74, 6) is 0. The Balaban J connectivity index is 1.95. The van der Waals surface area contributed by atoms with Crippen LogP contribution >= 0.6 is 15.9 Å². The average molecular weight is 354 g/mol. The number of nitrogens with zero attached hydrogens (tertiary/aromatic N) is 2. The molecule has 0 radical (unpaired) electrons. The van der Waals surface area contributed by atoms with Crippen LogP contribution in [0, 0.1) is 0 Å². The van der Waals surface area contributed by atoms with Crippen LogP contribution in [0.15, 0.2) is 22.7 Å². The van der Waals surface area contributed by atoms with Gasteiger partial charge in [-0.25, -0.2) is 0 Å². The predicted molar refractivity (Wildman–Crippen MR) is 95.1 cm³/mol. The van der Waals surface area contributed by atoms with Gasteiger partial charge in [-0.3, -0.25) is 0 Å². The van der Waals surface area contributed by atoms with Crippen LogP contribution in [-0.2, 0) is 6.54 Å². The maximum absolute atomic E-state index is 3.59. The lowest BCUT2D eigenvalue weighted by atomic mass is 10.1. The lowest BCUT2D eigenvalue weighted by Crippen LogP contribution is -2.32. The van der Waals surface area contributed by atoms with Crippen LogP contribution in [-0.4, -0.2) is 44.7 Å². The Labute approximate surface area is 137 Å². The van der Waals surface area contributed by atoms with E-state index in [-0.39, 0.29) is 0 Å². The minimum Gasteiger partial charge on any atom is -0.373 e. The quantitative estimate of drug-likeness (QED) is 0.721. The standard InChI is InChI=1S/C17H28BrN3/c1-3-8-19-14-15-13-16(18)6-7-17(15)20(2)11-12-21-9-4-5-10-21/h6-7,13,19H,3-5,8-12,14H2,1-2H3. The number of anilines is 1. The monoisotopic (exact) mass is 353 g/mol. The molecule has 0 aromatic heterocycles. The van der Waals surface area contributed by atoms with Gasteiger partial charge in [-0.1, -0.05) is 22.9 Å². The summed E-state index contributed by atoms with van der Waals surface area (Å²) >= 11 is 3.59. The Kier molecular flexibility index (Phi) is 7.00. The second-order valence-electron chi connectivity index (χ2n) is 5.92. The summed E-state index contributed by atoms with van der Waals surface area (Å²) in [5, 5.41) is 3.51. The van der Waals surface area contributed by atoms with Crippen molar-refractivity contribution in [3.8, 4) is 0 Å². The number of hydrogen-bond acceptors (Lipinski definition) is 3. The van der Waals surface area contributed by atoms with Crippen LogP contribution in [0.4, 0.5) is 5.69 Å². The summed E-state index contributed by atoms with van der Waals surface area (Å²) in [5.41, 5.74) is 2.72. The van der Waals surface area contributed by atoms with E-state index in [0.717, 1.165) is 24.1 Å². The number of nitrogens with one attached hydrogen (secondary N) is 1. The van der Waals surface area contributed by atoms with E-state index in [1.807, 2.05) is 0 Å². The second-order valence-corrected chi connectivity index (χ2v) is 6.84. The molecule has 1 aromatic carbocycles. The fourth-order valence-corrected chi connectivity index (χ4v) is 3.29. The molecule has 3 nitrogen and oxygen atoms in total. The topological polar surface area (TPSA) is 18.5 Å². The van der Waals surface area contributed by atoms with Crippen molar-refractivity contribution >= 4 is 21.6 Å². The van der Waals surface area contributed by atoms with Crippen LogP contribution in [0.25, 0.3) is 0 Å². The van der Waals surface area contributed by atoms with Gasteiger partial charge in [-0.05, 0) is 62.7 Å². The lowest BCUT2D eigenvalue weighted by Gasteiger charge is -2.25. The average Bonchev–Trinajstić information content (AvgIpc) is 2.98. The van der Waals surface area contributed by atoms with Gasteiger partial charge in [0.15, 0.2) is 0 Å². The van der Waals surface area contributed by atoms with E-state index >= 15 is 0 Å². The Bertz CT molecular complexity index is 430. The molecule has 1 saturated heterocycles. The maximum Gasteiger partial charge on any atom is 0.0410 e. The molecular formula is C17H28BrN3. The van der Waals surface area contributed by atoms with E-state index in [9.17, 15) is 0 Å². The third-order valence-corrected chi connectivity index (χ3v) is 4.64. The highest BCUT2D eigenvalue weighted by Crippen LogP contribution is 2.24. The van der Waals surface area contributed by atoms with Gasteiger partial charge in [0, 0.05) is 36.8 Å². The largest absolute Gasteiger partial charge is 0.373 e.